The zero-order chi connectivity index (χ0) is 26.0. The van der Waals surface area contributed by atoms with Crippen molar-refractivity contribution in [2.75, 3.05) is 16.4 Å². The van der Waals surface area contributed by atoms with Crippen LogP contribution >= 0.6 is 0 Å². The molecule has 0 radical (unpaired) electrons. The summed E-state index contributed by atoms with van der Waals surface area (Å²) in [5.41, 5.74) is 8.15. The first-order valence-electron chi connectivity index (χ1n) is 11.0. The maximum atomic E-state index is 13.3. The second-order valence-corrected chi connectivity index (χ2v) is 8.09. The Morgan fingerprint density at radius 1 is 0.973 bits per heavy atom. The topological polar surface area (TPSA) is 134 Å². The van der Waals surface area contributed by atoms with E-state index < -0.39 is 17.6 Å². The first-order chi connectivity index (χ1) is 17.8. The molecule has 5 rings (SSSR count). The van der Waals surface area contributed by atoms with Crippen molar-refractivity contribution in [3.05, 3.63) is 90.0 Å². The lowest BCUT2D eigenvalue weighted by atomic mass is 10.0. The number of halogens is 3. The summed E-state index contributed by atoms with van der Waals surface area (Å²) in [5.74, 6) is -0.351. The second-order valence-electron chi connectivity index (χ2n) is 8.09. The number of nitrogen functional groups attached to an aromatic ring is 1. The number of alkyl halides is 3. The standard InChI is InChI=1S/C25H19F3N8O/c26-25(27,28)17-10-20(24(37)34-18-5-7-30-8-6-18)22(33-13-17)31-11-14-1-3-15(4-2-14)16-9-19-21(29)35-36-23(19)32-12-16/h1-10,12-13H,11H2,(H,31,33)(H,30,34,37)(H3,29,32,35,36). The Kier molecular flexibility index (Phi) is 6.14. The number of pyridine rings is 3. The molecule has 0 bridgehead atoms. The van der Waals surface area contributed by atoms with Crippen LogP contribution in [0.1, 0.15) is 21.5 Å². The Hall–Kier alpha value is -5.00. The molecule has 1 amide bonds. The maximum Gasteiger partial charge on any atom is 0.417 e. The predicted molar refractivity (Wildman–Crippen MR) is 132 cm³/mol. The number of nitrogens with two attached hydrogens (primary N) is 1. The molecule has 0 saturated carbocycles. The zero-order valence-electron chi connectivity index (χ0n) is 19.0. The van der Waals surface area contributed by atoms with E-state index >= 15 is 0 Å². The van der Waals surface area contributed by atoms with Crippen LogP contribution in [0.4, 0.5) is 30.5 Å². The Balaban J connectivity index is 1.35. The van der Waals surface area contributed by atoms with Gasteiger partial charge < -0.3 is 16.4 Å². The predicted octanol–water partition coefficient (Wildman–Crippen LogP) is 4.88. The molecule has 1 aromatic carbocycles. The van der Waals surface area contributed by atoms with E-state index in [0.717, 1.165) is 22.8 Å². The molecule has 0 aliphatic heterocycles. The first-order valence-corrected chi connectivity index (χ1v) is 11.0. The molecule has 0 unspecified atom stereocenters. The molecule has 5 aromatic rings. The van der Waals surface area contributed by atoms with E-state index in [1.807, 2.05) is 30.3 Å². The minimum atomic E-state index is -4.65. The van der Waals surface area contributed by atoms with Gasteiger partial charge in [0.2, 0.25) is 0 Å². The number of aromatic nitrogens is 5. The summed E-state index contributed by atoms with van der Waals surface area (Å²) < 4.78 is 39.9. The molecule has 37 heavy (non-hydrogen) atoms. The molecule has 0 fully saturated rings. The number of benzene rings is 1. The largest absolute Gasteiger partial charge is 0.417 e. The average molecular weight is 504 g/mol. The lowest BCUT2D eigenvalue weighted by Gasteiger charge is -2.14. The van der Waals surface area contributed by atoms with Gasteiger partial charge >= 0.3 is 6.18 Å². The highest BCUT2D eigenvalue weighted by molar-refractivity contribution is 6.07. The number of rotatable bonds is 6. The monoisotopic (exact) mass is 504 g/mol. The molecule has 5 N–H and O–H groups in total. The van der Waals surface area contributed by atoms with E-state index in [2.05, 4.69) is 35.8 Å². The molecule has 0 spiro atoms. The van der Waals surface area contributed by atoms with Crippen LogP contribution in [0.25, 0.3) is 22.2 Å². The van der Waals surface area contributed by atoms with Gasteiger partial charge in [-0.2, -0.15) is 18.3 Å². The van der Waals surface area contributed by atoms with Gasteiger partial charge in [-0.3, -0.25) is 14.9 Å². The van der Waals surface area contributed by atoms with E-state index in [0.29, 0.717) is 28.7 Å². The fourth-order valence-electron chi connectivity index (χ4n) is 3.65. The Morgan fingerprint density at radius 2 is 1.73 bits per heavy atom. The number of H-pyrrole nitrogens is 1. The summed E-state index contributed by atoms with van der Waals surface area (Å²) in [6, 6.07) is 13.2. The van der Waals surface area contributed by atoms with Crippen molar-refractivity contribution in [2.24, 2.45) is 0 Å². The van der Waals surface area contributed by atoms with Crippen LogP contribution in [0.2, 0.25) is 0 Å². The highest BCUT2D eigenvalue weighted by Gasteiger charge is 2.32. The van der Waals surface area contributed by atoms with Crippen molar-refractivity contribution >= 4 is 34.3 Å². The highest BCUT2D eigenvalue weighted by atomic mass is 19.4. The minimum Gasteiger partial charge on any atom is -0.382 e. The number of carbonyl (C=O) groups is 1. The van der Waals surface area contributed by atoms with Gasteiger partial charge in [-0.05, 0) is 35.4 Å². The normalized spacial score (nSPS) is 11.4. The number of nitrogens with one attached hydrogen (secondary N) is 3. The number of anilines is 3. The number of hydrogen-bond acceptors (Lipinski definition) is 7. The second kappa shape index (κ2) is 9.57. The van der Waals surface area contributed by atoms with Crippen LogP contribution in [0.15, 0.2) is 73.3 Å². The minimum absolute atomic E-state index is 0.0220. The number of amides is 1. The first kappa shape index (κ1) is 23.7. The molecule has 0 saturated heterocycles. The Bertz CT molecular complexity index is 1570. The van der Waals surface area contributed by atoms with E-state index in [1.54, 1.807) is 6.20 Å². The fraction of sp³-hybridized carbons (Fsp3) is 0.0800. The molecule has 12 heteroatoms. The molecule has 4 heterocycles. The van der Waals surface area contributed by atoms with Gasteiger partial charge in [0.1, 0.15) is 5.82 Å². The van der Waals surface area contributed by atoms with Gasteiger partial charge in [0.25, 0.3) is 5.91 Å². The molecule has 4 aromatic heterocycles. The summed E-state index contributed by atoms with van der Waals surface area (Å²) in [6.45, 7) is 0.222. The summed E-state index contributed by atoms with van der Waals surface area (Å²) >= 11 is 0. The van der Waals surface area contributed by atoms with Gasteiger partial charge in [-0.15, -0.1) is 0 Å². The summed E-state index contributed by atoms with van der Waals surface area (Å²) in [5, 5.41) is 12.9. The van der Waals surface area contributed by atoms with Gasteiger partial charge in [-0.25, -0.2) is 9.97 Å². The number of fused-ring (bicyclic) bond motifs is 1. The molecular formula is C25H19F3N8O. The van der Waals surface area contributed by atoms with Gasteiger partial charge in [0.15, 0.2) is 11.5 Å². The van der Waals surface area contributed by atoms with Crippen LogP contribution in [-0.2, 0) is 12.7 Å². The lowest BCUT2D eigenvalue weighted by molar-refractivity contribution is -0.137. The zero-order valence-corrected chi connectivity index (χ0v) is 19.0. The molecule has 9 nitrogen and oxygen atoms in total. The van der Waals surface area contributed by atoms with Crippen LogP contribution in [0, 0.1) is 0 Å². The molecular weight excluding hydrogens is 485 g/mol. The van der Waals surface area contributed by atoms with Crippen LogP contribution in [0.5, 0.6) is 0 Å². The van der Waals surface area contributed by atoms with Crippen molar-refractivity contribution in [3.8, 4) is 11.1 Å². The third-order valence-electron chi connectivity index (χ3n) is 5.59. The smallest absolute Gasteiger partial charge is 0.382 e. The summed E-state index contributed by atoms with van der Waals surface area (Å²) in [4.78, 5) is 24.9. The van der Waals surface area contributed by atoms with E-state index in [9.17, 15) is 18.0 Å². The molecule has 186 valence electrons. The van der Waals surface area contributed by atoms with E-state index in [1.165, 1.54) is 24.5 Å². The van der Waals surface area contributed by atoms with Crippen molar-refractivity contribution in [1.82, 2.24) is 25.1 Å². The van der Waals surface area contributed by atoms with Crippen molar-refractivity contribution in [1.29, 1.82) is 0 Å². The third-order valence-corrected chi connectivity index (χ3v) is 5.59. The highest BCUT2D eigenvalue weighted by Crippen LogP contribution is 2.31. The average Bonchev–Trinajstić information content (AvgIpc) is 3.27. The van der Waals surface area contributed by atoms with Gasteiger partial charge in [0, 0.05) is 42.6 Å². The SMILES string of the molecule is Nc1n[nH]c2ncc(-c3ccc(CNc4ncc(C(F)(F)F)cc4C(=O)Nc4ccncc4)cc3)cc12. The molecule has 0 aliphatic carbocycles. The third kappa shape index (κ3) is 5.17. The number of hydrogen-bond donors (Lipinski definition) is 4. The fourth-order valence-corrected chi connectivity index (χ4v) is 3.65. The maximum absolute atomic E-state index is 13.3. The quantitative estimate of drug-likeness (QED) is 0.259. The van der Waals surface area contributed by atoms with Gasteiger partial charge in [-0.1, -0.05) is 24.3 Å². The number of nitrogens with zero attached hydrogens (tertiary/aromatic N) is 4. The number of carbonyl (C=O) groups excluding carboxylic acids is 1. The van der Waals surface area contributed by atoms with Crippen molar-refractivity contribution in [2.45, 2.75) is 12.7 Å². The van der Waals surface area contributed by atoms with Crippen LogP contribution in [-0.4, -0.2) is 31.1 Å². The summed E-state index contributed by atoms with van der Waals surface area (Å²) in [6.07, 6.45) is 0.667. The number of aromatic amines is 1. The molecule has 0 atom stereocenters. The van der Waals surface area contributed by atoms with E-state index in [4.69, 9.17) is 5.73 Å². The summed E-state index contributed by atoms with van der Waals surface area (Å²) in [7, 11) is 0. The van der Waals surface area contributed by atoms with Crippen LogP contribution < -0.4 is 16.4 Å². The Labute approximate surface area is 208 Å². The van der Waals surface area contributed by atoms with Crippen molar-refractivity contribution < 1.29 is 18.0 Å². The van der Waals surface area contributed by atoms with E-state index in [-0.39, 0.29) is 17.9 Å². The lowest BCUT2D eigenvalue weighted by Crippen LogP contribution is -2.18. The molecule has 0 aliphatic rings. The van der Waals surface area contributed by atoms with Crippen LogP contribution in [0.3, 0.4) is 0 Å². The van der Waals surface area contributed by atoms with Crippen molar-refractivity contribution in [3.63, 3.8) is 0 Å². The van der Waals surface area contributed by atoms with Gasteiger partial charge in [0.05, 0.1) is 16.5 Å². The Morgan fingerprint density at radius 3 is 2.46 bits per heavy atom.